The van der Waals surface area contributed by atoms with Crippen LogP contribution in [0.5, 0.6) is 0 Å². The van der Waals surface area contributed by atoms with Crippen molar-refractivity contribution in [1.29, 1.82) is 0 Å². The molecule has 6 heteroatoms. The van der Waals surface area contributed by atoms with E-state index in [9.17, 15) is 4.79 Å². The Morgan fingerprint density at radius 2 is 2.21 bits per heavy atom. The summed E-state index contributed by atoms with van der Waals surface area (Å²) in [5.74, 6) is 0. The maximum atomic E-state index is 12.4. The Bertz CT molecular complexity index is 818. The summed E-state index contributed by atoms with van der Waals surface area (Å²) in [5, 5.41) is 2.65. The zero-order valence-corrected chi connectivity index (χ0v) is 11.6. The lowest BCUT2D eigenvalue weighted by Gasteiger charge is -2.06. The lowest BCUT2D eigenvalue weighted by atomic mass is 10.2. The first kappa shape index (κ1) is 12.3. The van der Waals surface area contributed by atoms with Gasteiger partial charge in [0.2, 0.25) is 0 Å². The van der Waals surface area contributed by atoms with Crippen molar-refractivity contribution in [3.63, 3.8) is 0 Å². The third-order valence-electron chi connectivity index (χ3n) is 2.96. The van der Waals surface area contributed by atoms with Crippen LogP contribution in [0.25, 0.3) is 10.9 Å². The van der Waals surface area contributed by atoms with Crippen LogP contribution in [0.4, 0.5) is 0 Å². The molecule has 0 aliphatic rings. The van der Waals surface area contributed by atoms with Crippen LogP contribution >= 0.6 is 23.6 Å². The van der Waals surface area contributed by atoms with E-state index in [1.807, 2.05) is 29.6 Å². The Kier molecular flexibility index (Phi) is 3.27. The number of thiazole rings is 1. The number of aromatic nitrogens is 3. The normalized spacial score (nSPS) is 10.9. The molecule has 0 atom stereocenters. The maximum Gasteiger partial charge on any atom is 0.262 e. The topological polar surface area (TPSA) is 50.7 Å². The van der Waals surface area contributed by atoms with Gasteiger partial charge in [0.15, 0.2) is 4.77 Å². The molecule has 3 aromatic rings. The van der Waals surface area contributed by atoms with E-state index in [1.165, 1.54) is 0 Å². The van der Waals surface area contributed by atoms with E-state index in [-0.39, 0.29) is 5.56 Å². The van der Waals surface area contributed by atoms with Gasteiger partial charge in [0, 0.05) is 18.3 Å². The summed E-state index contributed by atoms with van der Waals surface area (Å²) in [7, 11) is 0. The molecule has 0 aliphatic carbocycles. The summed E-state index contributed by atoms with van der Waals surface area (Å²) in [5.41, 5.74) is 3.51. The fraction of sp³-hybridized carbons (Fsp3) is 0.154. The molecule has 0 saturated carbocycles. The van der Waals surface area contributed by atoms with Gasteiger partial charge in [0.05, 0.1) is 22.1 Å². The summed E-state index contributed by atoms with van der Waals surface area (Å²) in [6.07, 6.45) is 0.708. The molecule has 0 aliphatic heterocycles. The Labute approximate surface area is 118 Å². The predicted octanol–water partition coefficient (Wildman–Crippen LogP) is 2.76. The van der Waals surface area contributed by atoms with Crippen molar-refractivity contribution in [3.05, 3.63) is 56.0 Å². The molecule has 4 nitrogen and oxygen atoms in total. The zero-order valence-electron chi connectivity index (χ0n) is 10.00. The van der Waals surface area contributed by atoms with Gasteiger partial charge in [-0.05, 0) is 24.4 Å². The van der Waals surface area contributed by atoms with E-state index in [2.05, 4.69) is 9.97 Å². The average Bonchev–Trinajstić information content (AvgIpc) is 2.92. The fourth-order valence-electron chi connectivity index (χ4n) is 1.99. The fourth-order valence-corrected chi connectivity index (χ4v) is 2.87. The minimum absolute atomic E-state index is 0.0467. The predicted molar refractivity (Wildman–Crippen MR) is 79.2 cm³/mol. The summed E-state index contributed by atoms with van der Waals surface area (Å²) < 4.78 is 2.05. The first-order valence-corrected chi connectivity index (χ1v) is 7.20. The molecule has 3 rings (SSSR count). The van der Waals surface area contributed by atoms with Crippen molar-refractivity contribution >= 4 is 34.5 Å². The van der Waals surface area contributed by atoms with Crippen LogP contribution in [0.15, 0.2) is 40.0 Å². The molecule has 0 fully saturated rings. The molecule has 96 valence electrons. The lowest BCUT2D eigenvalue weighted by molar-refractivity contribution is 0.646. The van der Waals surface area contributed by atoms with Gasteiger partial charge in [0.25, 0.3) is 5.56 Å². The van der Waals surface area contributed by atoms with Crippen molar-refractivity contribution in [1.82, 2.24) is 14.5 Å². The highest BCUT2D eigenvalue weighted by atomic mass is 32.1. The summed E-state index contributed by atoms with van der Waals surface area (Å²) >= 11 is 6.80. The number of fused-ring (bicyclic) bond motifs is 1. The van der Waals surface area contributed by atoms with Gasteiger partial charge in [-0.15, -0.1) is 11.3 Å². The second-order valence-corrected chi connectivity index (χ2v) is 5.27. The minimum atomic E-state index is -0.0467. The average molecular weight is 289 g/mol. The van der Waals surface area contributed by atoms with Crippen LogP contribution < -0.4 is 5.56 Å². The Morgan fingerprint density at radius 1 is 1.37 bits per heavy atom. The zero-order chi connectivity index (χ0) is 13.2. The molecule has 0 amide bonds. The van der Waals surface area contributed by atoms with Crippen LogP contribution in [0.1, 0.15) is 5.69 Å². The smallest absolute Gasteiger partial charge is 0.262 e. The third kappa shape index (κ3) is 2.36. The molecule has 0 bridgehead atoms. The summed E-state index contributed by atoms with van der Waals surface area (Å²) in [6.45, 7) is 0.544. The molecule has 1 aromatic carbocycles. The van der Waals surface area contributed by atoms with Crippen LogP contribution in [-0.4, -0.2) is 14.5 Å². The van der Waals surface area contributed by atoms with E-state index in [0.717, 1.165) is 11.2 Å². The van der Waals surface area contributed by atoms with Gasteiger partial charge in [-0.3, -0.25) is 9.36 Å². The number of aryl methyl sites for hydroxylation is 1. The first-order valence-electron chi connectivity index (χ1n) is 5.84. The van der Waals surface area contributed by atoms with Crippen molar-refractivity contribution in [2.75, 3.05) is 0 Å². The Morgan fingerprint density at radius 3 is 3.00 bits per heavy atom. The van der Waals surface area contributed by atoms with Gasteiger partial charge < -0.3 is 4.98 Å². The van der Waals surface area contributed by atoms with Crippen LogP contribution in [-0.2, 0) is 13.0 Å². The van der Waals surface area contributed by atoms with E-state index < -0.39 is 0 Å². The highest BCUT2D eigenvalue weighted by molar-refractivity contribution is 7.71. The quantitative estimate of drug-likeness (QED) is 0.754. The van der Waals surface area contributed by atoms with Crippen LogP contribution in [0.2, 0.25) is 0 Å². The van der Waals surface area contributed by atoms with E-state index in [1.54, 1.807) is 21.4 Å². The highest BCUT2D eigenvalue weighted by Gasteiger charge is 2.05. The molecule has 2 heterocycles. The van der Waals surface area contributed by atoms with Gasteiger partial charge in [-0.2, -0.15) is 0 Å². The monoisotopic (exact) mass is 289 g/mol. The number of rotatable bonds is 3. The van der Waals surface area contributed by atoms with E-state index in [0.29, 0.717) is 23.1 Å². The molecule has 0 radical (unpaired) electrons. The molecule has 1 N–H and O–H groups in total. The maximum absolute atomic E-state index is 12.4. The number of hydrogen-bond donors (Lipinski definition) is 1. The molecule has 2 aromatic heterocycles. The Hall–Kier alpha value is -1.79. The van der Waals surface area contributed by atoms with Crippen molar-refractivity contribution in [2.24, 2.45) is 0 Å². The lowest BCUT2D eigenvalue weighted by Crippen LogP contribution is -2.23. The largest absolute Gasteiger partial charge is 0.332 e. The molecule has 19 heavy (non-hydrogen) atoms. The third-order valence-corrected chi connectivity index (χ3v) is 3.92. The first-order chi connectivity index (χ1) is 9.25. The van der Waals surface area contributed by atoms with Crippen LogP contribution in [0.3, 0.4) is 0 Å². The van der Waals surface area contributed by atoms with E-state index in [4.69, 9.17) is 12.2 Å². The van der Waals surface area contributed by atoms with Crippen LogP contribution in [0, 0.1) is 4.77 Å². The number of aromatic amines is 1. The van der Waals surface area contributed by atoms with Gasteiger partial charge >= 0.3 is 0 Å². The molecular formula is C13H11N3OS2. The number of hydrogen-bond acceptors (Lipinski definition) is 4. The van der Waals surface area contributed by atoms with Gasteiger partial charge in [0.1, 0.15) is 0 Å². The SMILES string of the molecule is O=c1c2ccccc2[nH]c(=S)n1CCc1cscn1. The minimum Gasteiger partial charge on any atom is -0.332 e. The molecule has 0 spiro atoms. The molecular weight excluding hydrogens is 278 g/mol. The van der Waals surface area contributed by atoms with Crippen molar-refractivity contribution in [2.45, 2.75) is 13.0 Å². The van der Waals surface area contributed by atoms with E-state index >= 15 is 0 Å². The highest BCUT2D eigenvalue weighted by Crippen LogP contribution is 2.07. The van der Waals surface area contributed by atoms with Crippen molar-refractivity contribution in [3.8, 4) is 0 Å². The van der Waals surface area contributed by atoms with Crippen molar-refractivity contribution < 1.29 is 0 Å². The number of nitrogens with zero attached hydrogens (tertiary/aromatic N) is 2. The molecule has 0 saturated heterocycles. The summed E-state index contributed by atoms with van der Waals surface area (Å²) in [4.78, 5) is 19.7. The second kappa shape index (κ2) is 5.07. The molecule has 0 unspecified atom stereocenters. The number of nitrogens with one attached hydrogen (secondary N) is 1. The number of H-pyrrole nitrogens is 1. The standard InChI is InChI=1S/C13H11N3OS2/c17-12-10-3-1-2-4-11(10)15-13(18)16(12)6-5-9-7-19-8-14-9/h1-4,7-8H,5-6H2,(H,15,18). The number of benzene rings is 1. The Balaban J connectivity index is 2.04. The van der Waals surface area contributed by atoms with Gasteiger partial charge in [-0.1, -0.05) is 12.1 Å². The summed E-state index contributed by atoms with van der Waals surface area (Å²) in [6, 6.07) is 7.40. The number of para-hydroxylation sites is 1. The second-order valence-electron chi connectivity index (χ2n) is 4.16. The van der Waals surface area contributed by atoms with Gasteiger partial charge in [-0.25, -0.2) is 4.98 Å².